The van der Waals surface area contributed by atoms with Crippen molar-refractivity contribution in [3.05, 3.63) is 37.9 Å². The van der Waals surface area contributed by atoms with Gasteiger partial charge in [0.25, 0.3) is 0 Å². The van der Waals surface area contributed by atoms with Gasteiger partial charge in [-0.15, -0.1) is 0 Å². The lowest BCUT2D eigenvalue weighted by atomic mass is 9.71. The molecule has 122 valence electrons. The molecule has 4 heterocycles. The number of nitrogens with zero attached hydrogens (tertiary/aromatic N) is 1. The van der Waals surface area contributed by atoms with E-state index in [1.165, 1.54) is 19.1 Å². The fourth-order valence-corrected chi connectivity index (χ4v) is 5.22. The summed E-state index contributed by atoms with van der Waals surface area (Å²) in [5.41, 5.74) is 2.47. The Morgan fingerprint density at radius 1 is 1.43 bits per heavy atom. The third-order valence-electron chi connectivity index (χ3n) is 5.68. The summed E-state index contributed by atoms with van der Waals surface area (Å²) >= 11 is 8.49. The lowest BCUT2D eigenvalue weighted by Crippen LogP contribution is -2.58. The van der Waals surface area contributed by atoms with Crippen LogP contribution in [0.4, 0.5) is 0 Å². The van der Waals surface area contributed by atoms with Gasteiger partial charge in [0.15, 0.2) is 0 Å². The number of halogens is 2. The van der Waals surface area contributed by atoms with Crippen LogP contribution >= 0.6 is 34.2 Å². The fourth-order valence-electron chi connectivity index (χ4n) is 4.70. The third-order valence-corrected chi connectivity index (χ3v) is 7.25. The SMILES string of the molecule is COC(=O)[C@H]1[C@@H]2C[C@@H]3CC[C@H]1N3CC2=Cc1ccc(I)c(Cl)c1. The van der Waals surface area contributed by atoms with Crippen LogP contribution in [0.1, 0.15) is 24.8 Å². The van der Waals surface area contributed by atoms with Crippen LogP contribution < -0.4 is 0 Å². The Kier molecular flexibility index (Phi) is 4.18. The summed E-state index contributed by atoms with van der Waals surface area (Å²) in [6, 6.07) is 7.18. The zero-order valence-electron chi connectivity index (χ0n) is 13.0. The molecule has 5 heteroatoms. The quantitative estimate of drug-likeness (QED) is 0.511. The summed E-state index contributed by atoms with van der Waals surface area (Å²) in [6.45, 7) is 0.983. The van der Waals surface area contributed by atoms with E-state index < -0.39 is 0 Å². The van der Waals surface area contributed by atoms with Crippen LogP contribution in [0.3, 0.4) is 0 Å². The smallest absolute Gasteiger partial charge is 0.310 e. The fraction of sp³-hybridized carbons (Fsp3) is 0.500. The number of benzene rings is 1. The van der Waals surface area contributed by atoms with Crippen LogP contribution in [0, 0.1) is 15.4 Å². The maximum atomic E-state index is 12.3. The summed E-state index contributed by atoms with van der Waals surface area (Å²) in [4.78, 5) is 14.9. The van der Waals surface area contributed by atoms with Gasteiger partial charge in [-0.25, -0.2) is 0 Å². The van der Waals surface area contributed by atoms with E-state index in [1.54, 1.807) is 0 Å². The molecule has 1 aromatic carbocycles. The molecule has 0 amide bonds. The highest BCUT2D eigenvalue weighted by molar-refractivity contribution is 14.1. The van der Waals surface area contributed by atoms with Crippen LogP contribution in [-0.4, -0.2) is 36.6 Å². The van der Waals surface area contributed by atoms with Gasteiger partial charge >= 0.3 is 5.97 Å². The van der Waals surface area contributed by atoms with E-state index >= 15 is 0 Å². The van der Waals surface area contributed by atoms with E-state index in [1.807, 2.05) is 12.1 Å². The Hall–Kier alpha value is -0.590. The first-order valence-corrected chi connectivity index (χ1v) is 9.53. The molecule has 1 aromatic rings. The van der Waals surface area contributed by atoms with Crippen molar-refractivity contribution in [1.29, 1.82) is 0 Å². The first-order chi connectivity index (χ1) is 11.1. The number of esters is 1. The van der Waals surface area contributed by atoms with Gasteiger partial charge in [0, 0.05) is 22.2 Å². The van der Waals surface area contributed by atoms with Crippen molar-refractivity contribution in [3.8, 4) is 0 Å². The van der Waals surface area contributed by atoms with Crippen LogP contribution in [0.5, 0.6) is 0 Å². The summed E-state index contributed by atoms with van der Waals surface area (Å²) in [7, 11) is 1.51. The number of ether oxygens (including phenoxy) is 1. The Morgan fingerprint density at radius 2 is 2.26 bits per heavy atom. The van der Waals surface area contributed by atoms with E-state index in [0.717, 1.165) is 33.5 Å². The molecule has 5 atom stereocenters. The van der Waals surface area contributed by atoms with Gasteiger partial charge in [0.2, 0.25) is 0 Å². The van der Waals surface area contributed by atoms with Crippen molar-refractivity contribution in [2.45, 2.75) is 31.3 Å². The molecule has 3 nitrogen and oxygen atoms in total. The minimum absolute atomic E-state index is 0.00179. The third kappa shape index (κ3) is 2.63. The second-order valence-corrected chi connectivity index (χ2v) is 8.32. The molecule has 4 fully saturated rings. The van der Waals surface area contributed by atoms with Crippen molar-refractivity contribution in [3.63, 3.8) is 0 Å². The highest BCUT2D eigenvalue weighted by atomic mass is 127. The van der Waals surface area contributed by atoms with Gasteiger partial charge < -0.3 is 4.74 Å². The molecule has 4 bridgehead atoms. The van der Waals surface area contributed by atoms with Crippen molar-refractivity contribution in [2.75, 3.05) is 13.7 Å². The van der Waals surface area contributed by atoms with Gasteiger partial charge in [-0.1, -0.05) is 29.3 Å². The molecular weight excluding hydrogens is 425 g/mol. The lowest BCUT2D eigenvalue weighted by Gasteiger charge is -2.50. The number of rotatable bonds is 2. The Labute approximate surface area is 155 Å². The molecule has 0 aliphatic carbocycles. The van der Waals surface area contributed by atoms with E-state index in [2.05, 4.69) is 39.6 Å². The first-order valence-electron chi connectivity index (χ1n) is 8.07. The van der Waals surface area contributed by atoms with Gasteiger partial charge in [0.1, 0.15) is 0 Å². The summed E-state index contributed by atoms with van der Waals surface area (Å²) in [6.07, 6.45) is 5.66. The van der Waals surface area contributed by atoms with Crippen LogP contribution in [0.15, 0.2) is 23.8 Å². The predicted octanol–water partition coefficient (Wildman–Crippen LogP) is 3.98. The second-order valence-electron chi connectivity index (χ2n) is 6.75. The Balaban J connectivity index is 1.69. The monoisotopic (exact) mass is 443 g/mol. The van der Waals surface area contributed by atoms with Crippen LogP contribution in [-0.2, 0) is 9.53 Å². The molecule has 4 aliphatic rings. The normalized spacial score (nSPS) is 36.5. The number of piperidine rings is 3. The molecule has 0 radical (unpaired) electrons. The average molecular weight is 444 g/mol. The highest BCUT2D eigenvalue weighted by Gasteiger charge is 2.55. The predicted molar refractivity (Wildman–Crippen MR) is 99.3 cm³/mol. The number of carbonyl (C=O) groups excluding carboxylic acids is 1. The van der Waals surface area contributed by atoms with Crippen molar-refractivity contribution >= 4 is 46.2 Å². The number of hydrogen-bond acceptors (Lipinski definition) is 3. The number of carbonyl (C=O) groups is 1. The van der Waals surface area contributed by atoms with Crippen molar-refractivity contribution in [1.82, 2.24) is 4.90 Å². The average Bonchev–Trinajstić information content (AvgIpc) is 2.85. The maximum Gasteiger partial charge on any atom is 0.310 e. The minimum Gasteiger partial charge on any atom is -0.469 e. The molecule has 1 unspecified atom stereocenters. The standard InChI is InChI=1S/C18H19ClINO2/c1-23-18(22)17-13-8-12-3-5-16(17)21(12)9-11(13)6-10-2-4-15(20)14(19)7-10/h2,4,6-7,12-13,16-17H,3,5,8-9H2,1H3/t12-,13+,16+,17-/m0/s1. The molecule has 23 heavy (non-hydrogen) atoms. The van der Waals surface area contributed by atoms with Gasteiger partial charge in [-0.2, -0.15) is 0 Å². The van der Waals surface area contributed by atoms with Crippen molar-refractivity contribution < 1.29 is 9.53 Å². The molecule has 4 aliphatic heterocycles. The van der Waals surface area contributed by atoms with Crippen LogP contribution in [0.2, 0.25) is 5.02 Å². The van der Waals surface area contributed by atoms with Gasteiger partial charge in [-0.3, -0.25) is 9.69 Å². The van der Waals surface area contributed by atoms with Crippen molar-refractivity contribution in [2.24, 2.45) is 11.8 Å². The van der Waals surface area contributed by atoms with E-state index in [0.29, 0.717) is 18.0 Å². The zero-order valence-corrected chi connectivity index (χ0v) is 15.9. The van der Waals surface area contributed by atoms with Crippen LogP contribution in [0.25, 0.3) is 6.08 Å². The zero-order chi connectivity index (χ0) is 16.1. The molecule has 0 saturated carbocycles. The summed E-state index contributed by atoms with van der Waals surface area (Å²) in [5, 5.41) is 0.783. The van der Waals surface area contributed by atoms with E-state index in [-0.39, 0.29) is 11.9 Å². The molecule has 4 saturated heterocycles. The topological polar surface area (TPSA) is 29.5 Å². The highest BCUT2D eigenvalue weighted by Crippen LogP contribution is 2.50. The number of hydrogen-bond donors (Lipinski definition) is 0. The molecule has 0 aromatic heterocycles. The van der Waals surface area contributed by atoms with Gasteiger partial charge in [-0.05, 0) is 65.5 Å². The van der Waals surface area contributed by atoms with E-state index in [9.17, 15) is 4.79 Å². The van der Waals surface area contributed by atoms with E-state index in [4.69, 9.17) is 16.3 Å². The number of fused-ring (bicyclic) bond motifs is 1. The molecule has 5 rings (SSSR count). The molecule has 0 spiro atoms. The number of methoxy groups -OCH3 is 1. The maximum absolute atomic E-state index is 12.3. The van der Waals surface area contributed by atoms with Gasteiger partial charge in [0.05, 0.1) is 18.1 Å². The summed E-state index contributed by atoms with van der Waals surface area (Å²) < 4.78 is 6.17. The molecular formula is C18H19ClINO2. The Morgan fingerprint density at radius 3 is 3.00 bits per heavy atom. The minimum atomic E-state index is -0.0448. The largest absolute Gasteiger partial charge is 0.469 e. The lowest BCUT2D eigenvalue weighted by molar-refractivity contribution is -0.153. The molecule has 0 N–H and O–H groups in total. The first kappa shape index (κ1) is 15.9. The second kappa shape index (κ2) is 6.05. The summed E-state index contributed by atoms with van der Waals surface area (Å²) in [5.74, 6) is 0.276. The Bertz CT molecular complexity index is 690.